The van der Waals surface area contributed by atoms with Gasteiger partial charge < -0.3 is 5.11 Å². The zero-order chi connectivity index (χ0) is 13.9. The van der Waals surface area contributed by atoms with Gasteiger partial charge in [0.2, 0.25) is 10.0 Å². The standard InChI is InChI=1S/C12H18ClNO3S2/c13-11-6-7-12(18-11)19(16,17)14-10(8-15)9-4-2-1-3-5-9/h6-7,9-10,14-15H,1-5,8H2/t10-/m0/s1. The minimum atomic E-state index is -3.58. The van der Waals surface area contributed by atoms with Gasteiger partial charge in [0.25, 0.3) is 0 Å². The van der Waals surface area contributed by atoms with E-state index < -0.39 is 16.1 Å². The van der Waals surface area contributed by atoms with E-state index in [1.165, 1.54) is 12.5 Å². The monoisotopic (exact) mass is 323 g/mol. The first kappa shape index (κ1) is 15.3. The summed E-state index contributed by atoms with van der Waals surface area (Å²) in [4.78, 5) is 0. The van der Waals surface area contributed by atoms with Crippen molar-refractivity contribution in [2.45, 2.75) is 42.4 Å². The number of aliphatic hydroxyl groups excluding tert-OH is 1. The quantitative estimate of drug-likeness (QED) is 0.875. The number of aliphatic hydroxyl groups is 1. The zero-order valence-electron chi connectivity index (χ0n) is 10.5. The lowest BCUT2D eigenvalue weighted by molar-refractivity contribution is 0.187. The Hall–Kier alpha value is -0.140. The molecule has 108 valence electrons. The van der Waals surface area contributed by atoms with E-state index in [1.807, 2.05) is 0 Å². The Morgan fingerprint density at radius 1 is 1.37 bits per heavy atom. The molecule has 0 unspecified atom stereocenters. The highest BCUT2D eigenvalue weighted by Gasteiger charge is 2.28. The smallest absolute Gasteiger partial charge is 0.250 e. The number of thiophene rings is 1. The van der Waals surface area contributed by atoms with Crippen LogP contribution in [0.4, 0.5) is 0 Å². The van der Waals surface area contributed by atoms with Gasteiger partial charge in [-0.05, 0) is 30.9 Å². The summed E-state index contributed by atoms with van der Waals surface area (Å²) in [5, 5.41) is 9.44. The fourth-order valence-electron chi connectivity index (χ4n) is 2.52. The maximum absolute atomic E-state index is 12.2. The number of hydrogen-bond acceptors (Lipinski definition) is 4. The van der Waals surface area contributed by atoms with Crippen LogP contribution in [-0.2, 0) is 10.0 Å². The van der Waals surface area contributed by atoms with Gasteiger partial charge in [-0.2, -0.15) is 0 Å². The highest BCUT2D eigenvalue weighted by molar-refractivity contribution is 7.91. The van der Waals surface area contributed by atoms with Crippen molar-refractivity contribution in [3.8, 4) is 0 Å². The van der Waals surface area contributed by atoms with Crippen molar-refractivity contribution in [2.75, 3.05) is 6.61 Å². The molecule has 0 aliphatic heterocycles. The van der Waals surface area contributed by atoms with E-state index in [2.05, 4.69) is 4.72 Å². The lowest BCUT2D eigenvalue weighted by Gasteiger charge is -2.29. The van der Waals surface area contributed by atoms with Gasteiger partial charge in [0.1, 0.15) is 4.21 Å². The van der Waals surface area contributed by atoms with Gasteiger partial charge in [0, 0.05) is 6.04 Å². The summed E-state index contributed by atoms with van der Waals surface area (Å²) in [6.45, 7) is -0.164. The van der Waals surface area contributed by atoms with Crippen LogP contribution in [0.15, 0.2) is 16.3 Å². The van der Waals surface area contributed by atoms with Crippen molar-refractivity contribution in [2.24, 2.45) is 5.92 Å². The van der Waals surface area contributed by atoms with Crippen molar-refractivity contribution in [1.29, 1.82) is 0 Å². The molecule has 0 aromatic carbocycles. The van der Waals surface area contributed by atoms with E-state index >= 15 is 0 Å². The summed E-state index contributed by atoms with van der Waals surface area (Å²) in [6.07, 6.45) is 5.35. The van der Waals surface area contributed by atoms with E-state index in [1.54, 1.807) is 6.07 Å². The van der Waals surface area contributed by atoms with Crippen LogP contribution < -0.4 is 4.72 Å². The van der Waals surface area contributed by atoms with Crippen LogP contribution in [0.1, 0.15) is 32.1 Å². The summed E-state index contributed by atoms with van der Waals surface area (Å²) < 4.78 is 27.6. The number of nitrogens with one attached hydrogen (secondary N) is 1. The highest BCUT2D eigenvalue weighted by atomic mass is 35.5. The topological polar surface area (TPSA) is 66.4 Å². The Kier molecular flexibility index (Phi) is 5.25. The Morgan fingerprint density at radius 2 is 2.05 bits per heavy atom. The third-order valence-corrected chi connectivity index (χ3v) is 6.75. The first-order valence-electron chi connectivity index (χ1n) is 6.41. The molecule has 1 aromatic heterocycles. The largest absolute Gasteiger partial charge is 0.395 e. The molecule has 1 aliphatic carbocycles. The summed E-state index contributed by atoms with van der Waals surface area (Å²) in [5.41, 5.74) is 0. The summed E-state index contributed by atoms with van der Waals surface area (Å²) in [5.74, 6) is 0.226. The molecule has 7 heteroatoms. The van der Waals surface area contributed by atoms with E-state index in [9.17, 15) is 13.5 Å². The average Bonchev–Trinajstić information content (AvgIpc) is 2.85. The molecule has 1 fully saturated rings. The second kappa shape index (κ2) is 6.54. The molecule has 2 N–H and O–H groups in total. The van der Waals surface area contributed by atoms with Crippen LogP contribution in [-0.4, -0.2) is 26.2 Å². The average molecular weight is 324 g/mol. The first-order chi connectivity index (χ1) is 9.03. The molecule has 4 nitrogen and oxygen atoms in total. The predicted octanol–water partition coefficient (Wildman–Crippen LogP) is 2.62. The molecular formula is C12H18ClNO3S2. The van der Waals surface area contributed by atoms with Gasteiger partial charge in [0.05, 0.1) is 10.9 Å². The first-order valence-corrected chi connectivity index (χ1v) is 9.09. The fraction of sp³-hybridized carbons (Fsp3) is 0.667. The van der Waals surface area contributed by atoms with Gasteiger partial charge >= 0.3 is 0 Å². The van der Waals surface area contributed by atoms with Gasteiger partial charge in [-0.25, -0.2) is 13.1 Å². The molecule has 2 rings (SSSR count). The second-order valence-electron chi connectivity index (χ2n) is 4.87. The molecule has 0 amide bonds. The molecule has 0 saturated heterocycles. The van der Waals surface area contributed by atoms with Crippen LogP contribution in [0.3, 0.4) is 0 Å². The maximum atomic E-state index is 12.2. The number of rotatable bonds is 5. The normalized spacial score (nSPS) is 19.5. The summed E-state index contributed by atoms with van der Waals surface area (Å²) in [6, 6.07) is 2.66. The molecule has 0 bridgehead atoms. The highest BCUT2D eigenvalue weighted by Crippen LogP contribution is 2.29. The van der Waals surface area contributed by atoms with Crippen LogP contribution in [0, 0.1) is 5.92 Å². The Labute approximate surface area is 122 Å². The Bertz CT molecular complexity index is 509. The van der Waals surface area contributed by atoms with Crippen molar-refractivity contribution in [3.05, 3.63) is 16.5 Å². The van der Waals surface area contributed by atoms with Gasteiger partial charge in [-0.15, -0.1) is 11.3 Å². The van der Waals surface area contributed by atoms with E-state index in [-0.39, 0.29) is 16.7 Å². The molecule has 1 saturated carbocycles. The van der Waals surface area contributed by atoms with Crippen molar-refractivity contribution in [1.82, 2.24) is 4.72 Å². The van der Waals surface area contributed by atoms with E-state index in [4.69, 9.17) is 11.6 Å². The molecular weight excluding hydrogens is 306 g/mol. The van der Waals surface area contributed by atoms with Crippen LogP contribution in [0.25, 0.3) is 0 Å². The van der Waals surface area contributed by atoms with Crippen molar-refractivity contribution >= 4 is 33.0 Å². The molecule has 0 spiro atoms. The minimum Gasteiger partial charge on any atom is -0.395 e. The third-order valence-electron chi connectivity index (χ3n) is 3.54. The Balaban J connectivity index is 2.08. The number of sulfonamides is 1. The summed E-state index contributed by atoms with van der Waals surface area (Å²) >= 11 is 6.79. The third kappa shape index (κ3) is 3.92. The lowest BCUT2D eigenvalue weighted by Crippen LogP contribution is -2.43. The Morgan fingerprint density at radius 3 is 2.58 bits per heavy atom. The molecule has 1 aromatic rings. The molecule has 0 radical (unpaired) electrons. The minimum absolute atomic E-state index is 0.164. The fourth-order valence-corrected chi connectivity index (χ4v) is 5.31. The SMILES string of the molecule is O=S(=O)(N[C@@H](CO)C1CCCCC1)c1ccc(Cl)s1. The van der Waals surface area contributed by atoms with Crippen LogP contribution in [0.2, 0.25) is 4.34 Å². The van der Waals surface area contributed by atoms with E-state index in [0.717, 1.165) is 37.0 Å². The van der Waals surface area contributed by atoms with Gasteiger partial charge in [-0.3, -0.25) is 0 Å². The van der Waals surface area contributed by atoms with Gasteiger partial charge in [0.15, 0.2) is 0 Å². The number of hydrogen-bond donors (Lipinski definition) is 2. The maximum Gasteiger partial charge on any atom is 0.250 e. The number of halogens is 1. The predicted molar refractivity (Wildman–Crippen MR) is 77.1 cm³/mol. The molecule has 1 atom stereocenters. The van der Waals surface area contributed by atoms with E-state index in [0.29, 0.717) is 4.34 Å². The van der Waals surface area contributed by atoms with Crippen molar-refractivity contribution < 1.29 is 13.5 Å². The van der Waals surface area contributed by atoms with Crippen LogP contribution in [0.5, 0.6) is 0 Å². The van der Waals surface area contributed by atoms with Gasteiger partial charge in [-0.1, -0.05) is 30.9 Å². The van der Waals surface area contributed by atoms with Crippen LogP contribution >= 0.6 is 22.9 Å². The molecule has 1 aliphatic rings. The lowest BCUT2D eigenvalue weighted by atomic mass is 9.84. The molecule has 19 heavy (non-hydrogen) atoms. The second-order valence-corrected chi connectivity index (χ2v) is 8.52. The molecule has 1 heterocycles. The zero-order valence-corrected chi connectivity index (χ0v) is 12.9. The van der Waals surface area contributed by atoms with Crippen molar-refractivity contribution in [3.63, 3.8) is 0 Å². The summed E-state index contributed by atoms with van der Waals surface area (Å²) in [7, 11) is -3.58.